The van der Waals surface area contributed by atoms with E-state index in [0.29, 0.717) is 13.2 Å². The highest BCUT2D eigenvalue weighted by atomic mass is 16.5. The molecule has 0 fully saturated rings. The summed E-state index contributed by atoms with van der Waals surface area (Å²) in [6, 6.07) is 7.87. The predicted molar refractivity (Wildman–Crippen MR) is 75.4 cm³/mol. The smallest absolute Gasteiger partial charge is 0.315 e. The lowest BCUT2D eigenvalue weighted by Crippen LogP contribution is -2.48. The standard InChI is InChI=1S/C15H22N2O2/c1-15(2,3)10-16-14(18)17-12-8-11-6-4-5-7-13(11)19-9-12/h4-7,12H,8-10H2,1-3H3,(H2,16,17,18). The third-order valence-electron chi connectivity index (χ3n) is 2.99. The Morgan fingerprint density at radius 1 is 1.37 bits per heavy atom. The number of carbonyl (C=O) groups excluding carboxylic acids is 1. The Kier molecular flexibility index (Phi) is 3.98. The minimum atomic E-state index is -0.122. The van der Waals surface area contributed by atoms with Gasteiger partial charge in [0.05, 0.1) is 6.04 Å². The van der Waals surface area contributed by atoms with Gasteiger partial charge in [0.2, 0.25) is 0 Å². The molecule has 0 spiro atoms. The van der Waals surface area contributed by atoms with Gasteiger partial charge >= 0.3 is 6.03 Å². The van der Waals surface area contributed by atoms with Crippen LogP contribution in [0.3, 0.4) is 0 Å². The van der Waals surface area contributed by atoms with Crippen LogP contribution < -0.4 is 15.4 Å². The number of ether oxygens (including phenoxy) is 1. The van der Waals surface area contributed by atoms with Crippen molar-refractivity contribution in [1.82, 2.24) is 10.6 Å². The first-order valence-corrected chi connectivity index (χ1v) is 6.69. The minimum absolute atomic E-state index is 0.0369. The maximum Gasteiger partial charge on any atom is 0.315 e. The highest BCUT2D eigenvalue weighted by Gasteiger charge is 2.21. The number of amides is 2. The lowest BCUT2D eigenvalue weighted by molar-refractivity contribution is 0.211. The number of para-hydroxylation sites is 1. The molecule has 1 aliphatic rings. The minimum Gasteiger partial charge on any atom is -0.491 e. The predicted octanol–water partition coefficient (Wildman–Crippen LogP) is 2.34. The molecule has 0 bridgehead atoms. The maximum atomic E-state index is 11.8. The second kappa shape index (κ2) is 5.51. The first kappa shape index (κ1) is 13.7. The molecule has 1 atom stereocenters. The number of rotatable bonds is 2. The number of benzene rings is 1. The van der Waals surface area contributed by atoms with E-state index in [9.17, 15) is 4.79 Å². The molecular formula is C15H22N2O2. The van der Waals surface area contributed by atoms with Gasteiger partial charge in [0.1, 0.15) is 12.4 Å². The van der Waals surface area contributed by atoms with E-state index in [1.165, 1.54) is 0 Å². The van der Waals surface area contributed by atoms with Gasteiger partial charge in [-0.05, 0) is 23.5 Å². The molecule has 1 aromatic rings. The van der Waals surface area contributed by atoms with E-state index in [1.54, 1.807) is 0 Å². The molecule has 1 heterocycles. The molecule has 19 heavy (non-hydrogen) atoms. The van der Waals surface area contributed by atoms with Gasteiger partial charge in [-0.25, -0.2) is 4.79 Å². The molecule has 1 unspecified atom stereocenters. The molecule has 0 saturated heterocycles. The molecule has 4 heteroatoms. The number of hydrogen-bond acceptors (Lipinski definition) is 2. The van der Waals surface area contributed by atoms with E-state index < -0.39 is 0 Å². The van der Waals surface area contributed by atoms with Gasteiger partial charge < -0.3 is 15.4 Å². The summed E-state index contributed by atoms with van der Waals surface area (Å²) >= 11 is 0. The van der Waals surface area contributed by atoms with Crippen molar-refractivity contribution < 1.29 is 9.53 Å². The SMILES string of the molecule is CC(C)(C)CNC(=O)NC1COc2ccccc2C1. The Morgan fingerprint density at radius 2 is 2.11 bits per heavy atom. The van der Waals surface area contributed by atoms with Crippen LogP contribution in [0.15, 0.2) is 24.3 Å². The van der Waals surface area contributed by atoms with Gasteiger partial charge in [0, 0.05) is 6.54 Å². The Labute approximate surface area is 114 Å². The zero-order valence-corrected chi connectivity index (χ0v) is 11.8. The summed E-state index contributed by atoms with van der Waals surface area (Å²) < 4.78 is 5.64. The van der Waals surface area contributed by atoms with Crippen molar-refractivity contribution >= 4 is 6.03 Å². The van der Waals surface area contributed by atoms with Crippen LogP contribution in [0.25, 0.3) is 0 Å². The molecule has 0 aromatic heterocycles. The molecule has 0 radical (unpaired) electrons. The normalized spacial score (nSPS) is 18.2. The lowest BCUT2D eigenvalue weighted by atomic mass is 9.97. The summed E-state index contributed by atoms with van der Waals surface area (Å²) in [5.74, 6) is 0.927. The molecule has 2 amide bonds. The van der Waals surface area contributed by atoms with Crippen LogP contribution in [-0.4, -0.2) is 25.2 Å². The van der Waals surface area contributed by atoms with Crippen LogP contribution in [0.2, 0.25) is 0 Å². The number of fused-ring (bicyclic) bond motifs is 1. The summed E-state index contributed by atoms with van der Waals surface area (Å²) in [5, 5.41) is 5.85. The van der Waals surface area contributed by atoms with Crippen LogP contribution >= 0.6 is 0 Å². The average molecular weight is 262 g/mol. The monoisotopic (exact) mass is 262 g/mol. The van der Waals surface area contributed by atoms with Crippen molar-refractivity contribution in [2.24, 2.45) is 5.41 Å². The van der Waals surface area contributed by atoms with Crippen LogP contribution in [0.5, 0.6) is 5.75 Å². The van der Waals surface area contributed by atoms with Crippen molar-refractivity contribution in [1.29, 1.82) is 0 Å². The van der Waals surface area contributed by atoms with E-state index in [-0.39, 0.29) is 17.5 Å². The van der Waals surface area contributed by atoms with Gasteiger partial charge in [0.15, 0.2) is 0 Å². The first-order valence-electron chi connectivity index (χ1n) is 6.69. The summed E-state index contributed by atoms with van der Waals surface area (Å²) in [6.07, 6.45) is 0.819. The van der Waals surface area contributed by atoms with Crippen LogP contribution in [0.1, 0.15) is 26.3 Å². The van der Waals surface area contributed by atoms with Crippen LogP contribution in [0, 0.1) is 5.41 Å². The van der Waals surface area contributed by atoms with Gasteiger partial charge in [-0.15, -0.1) is 0 Å². The van der Waals surface area contributed by atoms with E-state index in [2.05, 4.69) is 31.4 Å². The molecule has 1 aliphatic heterocycles. The summed E-state index contributed by atoms with van der Waals surface area (Å²) in [5.41, 5.74) is 1.24. The number of urea groups is 1. The Hall–Kier alpha value is -1.71. The molecule has 2 N–H and O–H groups in total. The number of hydrogen-bond donors (Lipinski definition) is 2. The number of nitrogens with one attached hydrogen (secondary N) is 2. The molecule has 104 valence electrons. The second-order valence-corrected chi connectivity index (χ2v) is 6.21. The summed E-state index contributed by atoms with van der Waals surface area (Å²) in [4.78, 5) is 11.8. The number of carbonyl (C=O) groups is 1. The Morgan fingerprint density at radius 3 is 2.84 bits per heavy atom. The summed E-state index contributed by atoms with van der Waals surface area (Å²) in [7, 11) is 0. The zero-order valence-electron chi connectivity index (χ0n) is 11.8. The quantitative estimate of drug-likeness (QED) is 0.859. The fourth-order valence-corrected chi connectivity index (χ4v) is 2.00. The zero-order chi connectivity index (χ0) is 13.9. The Bertz CT molecular complexity index is 452. The molecule has 0 saturated carbocycles. The van der Waals surface area contributed by atoms with E-state index in [0.717, 1.165) is 17.7 Å². The Balaban J connectivity index is 1.84. The first-order chi connectivity index (χ1) is 8.94. The van der Waals surface area contributed by atoms with Gasteiger partial charge in [0.25, 0.3) is 0 Å². The van der Waals surface area contributed by atoms with Crippen molar-refractivity contribution in [2.75, 3.05) is 13.2 Å². The maximum absolute atomic E-state index is 11.8. The van der Waals surface area contributed by atoms with Crippen LogP contribution in [0.4, 0.5) is 4.79 Å². The van der Waals surface area contributed by atoms with Crippen molar-refractivity contribution in [2.45, 2.75) is 33.2 Å². The highest BCUT2D eigenvalue weighted by Crippen LogP contribution is 2.23. The fourth-order valence-electron chi connectivity index (χ4n) is 2.00. The van der Waals surface area contributed by atoms with Crippen molar-refractivity contribution in [3.05, 3.63) is 29.8 Å². The molecule has 0 aliphatic carbocycles. The average Bonchev–Trinajstić information content (AvgIpc) is 2.35. The second-order valence-electron chi connectivity index (χ2n) is 6.21. The largest absolute Gasteiger partial charge is 0.491 e. The molecule has 1 aromatic carbocycles. The van der Waals surface area contributed by atoms with E-state index >= 15 is 0 Å². The third-order valence-corrected chi connectivity index (χ3v) is 2.99. The van der Waals surface area contributed by atoms with Gasteiger partial charge in [-0.1, -0.05) is 39.0 Å². The molecular weight excluding hydrogens is 240 g/mol. The van der Waals surface area contributed by atoms with Gasteiger partial charge in [-0.2, -0.15) is 0 Å². The van der Waals surface area contributed by atoms with E-state index in [4.69, 9.17) is 4.74 Å². The van der Waals surface area contributed by atoms with Gasteiger partial charge in [-0.3, -0.25) is 0 Å². The molecule has 4 nitrogen and oxygen atoms in total. The van der Waals surface area contributed by atoms with Crippen molar-refractivity contribution in [3.63, 3.8) is 0 Å². The summed E-state index contributed by atoms with van der Waals surface area (Å²) in [6.45, 7) is 7.46. The topological polar surface area (TPSA) is 50.4 Å². The van der Waals surface area contributed by atoms with Crippen LogP contribution in [-0.2, 0) is 6.42 Å². The third kappa shape index (κ3) is 4.16. The van der Waals surface area contributed by atoms with E-state index in [1.807, 2.05) is 24.3 Å². The highest BCUT2D eigenvalue weighted by molar-refractivity contribution is 5.74. The lowest BCUT2D eigenvalue weighted by Gasteiger charge is -2.27. The molecule has 2 rings (SSSR count). The fraction of sp³-hybridized carbons (Fsp3) is 0.533. The van der Waals surface area contributed by atoms with Crippen molar-refractivity contribution in [3.8, 4) is 5.75 Å².